The highest BCUT2D eigenvalue weighted by Crippen LogP contribution is 2.34. The number of furan rings is 1. The molecule has 0 radical (unpaired) electrons. The van der Waals surface area contributed by atoms with E-state index in [0.29, 0.717) is 28.4 Å². The highest BCUT2D eigenvalue weighted by Gasteiger charge is 2.16. The fourth-order valence-corrected chi connectivity index (χ4v) is 3.13. The number of rotatable bonds is 9. The molecule has 3 aromatic rings. The number of amides is 1. The first-order valence-corrected chi connectivity index (χ1v) is 9.93. The van der Waals surface area contributed by atoms with Gasteiger partial charge in [-0.05, 0) is 30.3 Å². The first kappa shape index (κ1) is 23.9. The lowest BCUT2D eigenvalue weighted by Crippen LogP contribution is -2.24. The minimum Gasteiger partial charge on any atom is -0.497 e. The number of carbonyl (C=O) groups is 1. The van der Waals surface area contributed by atoms with Crippen LogP contribution in [-0.4, -0.2) is 32.2 Å². The van der Waals surface area contributed by atoms with Gasteiger partial charge in [0.15, 0.2) is 0 Å². The van der Waals surface area contributed by atoms with E-state index in [9.17, 15) is 20.2 Å². The number of nitriles is 1. The van der Waals surface area contributed by atoms with Gasteiger partial charge < -0.3 is 23.9 Å². The molecule has 2 aromatic carbocycles. The summed E-state index contributed by atoms with van der Waals surface area (Å²) in [5, 5.41) is 23.1. The molecule has 1 N–H and O–H groups in total. The van der Waals surface area contributed by atoms with Gasteiger partial charge in [0.25, 0.3) is 11.6 Å². The second-order valence-electron chi connectivity index (χ2n) is 6.87. The molecule has 0 bridgehead atoms. The van der Waals surface area contributed by atoms with Gasteiger partial charge in [-0.25, -0.2) is 0 Å². The van der Waals surface area contributed by atoms with Crippen LogP contribution in [-0.2, 0) is 11.3 Å². The van der Waals surface area contributed by atoms with Crippen molar-refractivity contribution in [3.05, 3.63) is 75.5 Å². The molecule has 34 heavy (non-hydrogen) atoms. The molecule has 0 spiro atoms. The number of nitrogens with zero attached hydrogens (tertiary/aromatic N) is 2. The SMILES string of the molecule is COc1ccc(CNC(=O)/C(C#N)=C/c2ccc(-c3ccc([N+](=O)[O-])cc3OC)o2)c(OC)c1. The summed E-state index contributed by atoms with van der Waals surface area (Å²) in [6, 6.07) is 14.4. The van der Waals surface area contributed by atoms with E-state index in [-0.39, 0.29) is 29.3 Å². The molecule has 1 heterocycles. The minimum absolute atomic E-state index is 0.121. The monoisotopic (exact) mass is 463 g/mol. The van der Waals surface area contributed by atoms with Crippen LogP contribution in [0.5, 0.6) is 17.2 Å². The van der Waals surface area contributed by atoms with Gasteiger partial charge in [0.1, 0.15) is 40.4 Å². The van der Waals surface area contributed by atoms with E-state index in [1.54, 1.807) is 30.3 Å². The van der Waals surface area contributed by atoms with E-state index in [4.69, 9.17) is 18.6 Å². The number of non-ortho nitro benzene ring substituents is 1. The van der Waals surface area contributed by atoms with Crippen molar-refractivity contribution in [3.63, 3.8) is 0 Å². The lowest BCUT2D eigenvalue weighted by Gasteiger charge is -2.11. The molecule has 0 aliphatic rings. The standard InChI is InChI=1S/C24H21N3O7/c1-31-18-6-4-15(22(12-18)32-2)14-26-24(28)16(13-25)10-19-7-9-21(34-19)20-8-5-17(27(29)30)11-23(20)33-3/h4-12H,14H2,1-3H3,(H,26,28)/b16-10+. The lowest BCUT2D eigenvalue weighted by atomic mass is 10.1. The maximum atomic E-state index is 12.6. The zero-order valence-corrected chi connectivity index (χ0v) is 18.7. The molecule has 3 rings (SSSR count). The van der Waals surface area contributed by atoms with Crippen molar-refractivity contribution in [1.82, 2.24) is 5.32 Å². The van der Waals surface area contributed by atoms with E-state index in [2.05, 4.69) is 5.32 Å². The molecule has 0 unspecified atom stereocenters. The summed E-state index contributed by atoms with van der Waals surface area (Å²) < 4.78 is 21.4. The Labute approximate surface area is 195 Å². The Kier molecular flexibility index (Phi) is 7.51. The number of carbonyl (C=O) groups excluding carboxylic acids is 1. The fraction of sp³-hybridized carbons (Fsp3) is 0.167. The number of hydrogen-bond acceptors (Lipinski definition) is 8. The number of ether oxygens (including phenoxy) is 3. The van der Waals surface area contributed by atoms with Crippen molar-refractivity contribution in [2.24, 2.45) is 0 Å². The average Bonchev–Trinajstić information content (AvgIpc) is 3.33. The summed E-state index contributed by atoms with van der Waals surface area (Å²) >= 11 is 0. The first-order chi connectivity index (χ1) is 16.4. The van der Waals surface area contributed by atoms with E-state index in [1.807, 2.05) is 6.07 Å². The Morgan fingerprint density at radius 2 is 1.85 bits per heavy atom. The molecule has 0 saturated heterocycles. The first-order valence-electron chi connectivity index (χ1n) is 9.93. The third-order valence-electron chi connectivity index (χ3n) is 4.87. The second kappa shape index (κ2) is 10.7. The number of nitro groups is 1. The summed E-state index contributed by atoms with van der Waals surface area (Å²) in [4.78, 5) is 23.0. The maximum Gasteiger partial charge on any atom is 0.273 e. The Bertz CT molecular complexity index is 1290. The van der Waals surface area contributed by atoms with Crippen molar-refractivity contribution in [3.8, 4) is 34.6 Å². The second-order valence-corrected chi connectivity index (χ2v) is 6.87. The van der Waals surface area contributed by atoms with Crippen LogP contribution in [0.25, 0.3) is 17.4 Å². The molecule has 0 aliphatic heterocycles. The molecule has 174 valence electrons. The molecule has 0 fully saturated rings. The van der Waals surface area contributed by atoms with Gasteiger partial charge in [-0.1, -0.05) is 0 Å². The maximum absolute atomic E-state index is 12.6. The number of nitrogens with one attached hydrogen (secondary N) is 1. The van der Waals surface area contributed by atoms with Crippen molar-refractivity contribution in [1.29, 1.82) is 5.26 Å². The smallest absolute Gasteiger partial charge is 0.273 e. The van der Waals surface area contributed by atoms with Crippen LogP contribution in [0, 0.1) is 21.4 Å². The van der Waals surface area contributed by atoms with Gasteiger partial charge in [0.05, 0.1) is 37.9 Å². The molecule has 1 amide bonds. The van der Waals surface area contributed by atoms with E-state index >= 15 is 0 Å². The average molecular weight is 463 g/mol. The summed E-state index contributed by atoms with van der Waals surface area (Å²) in [7, 11) is 4.44. The van der Waals surface area contributed by atoms with E-state index in [1.165, 1.54) is 45.6 Å². The quantitative estimate of drug-likeness (QED) is 0.217. The Morgan fingerprint density at radius 1 is 1.09 bits per heavy atom. The molecule has 10 nitrogen and oxygen atoms in total. The molecule has 0 saturated carbocycles. The van der Waals surface area contributed by atoms with Gasteiger partial charge in [0.2, 0.25) is 0 Å². The van der Waals surface area contributed by atoms with Crippen LogP contribution in [0.15, 0.2) is 58.5 Å². The summed E-state index contributed by atoms with van der Waals surface area (Å²) in [5.41, 5.74) is 0.912. The van der Waals surface area contributed by atoms with Gasteiger partial charge in [-0.3, -0.25) is 14.9 Å². The Balaban J connectivity index is 1.77. The van der Waals surface area contributed by atoms with Crippen molar-refractivity contribution >= 4 is 17.7 Å². The van der Waals surface area contributed by atoms with Crippen LogP contribution >= 0.6 is 0 Å². The third-order valence-corrected chi connectivity index (χ3v) is 4.87. The summed E-state index contributed by atoms with van der Waals surface area (Å²) in [6.45, 7) is 0.133. The van der Waals surface area contributed by atoms with E-state index in [0.717, 1.165) is 0 Å². The highest BCUT2D eigenvalue weighted by molar-refractivity contribution is 6.01. The molecule has 1 aromatic heterocycles. The van der Waals surface area contributed by atoms with Crippen LogP contribution < -0.4 is 19.5 Å². The third kappa shape index (κ3) is 5.34. The Morgan fingerprint density at radius 3 is 2.50 bits per heavy atom. The minimum atomic E-state index is -0.591. The number of benzene rings is 2. The lowest BCUT2D eigenvalue weighted by molar-refractivity contribution is -0.384. The van der Waals surface area contributed by atoms with Crippen molar-refractivity contribution < 1.29 is 28.3 Å². The van der Waals surface area contributed by atoms with Gasteiger partial charge in [-0.2, -0.15) is 5.26 Å². The van der Waals surface area contributed by atoms with Crippen molar-refractivity contribution in [2.45, 2.75) is 6.54 Å². The number of methoxy groups -OCH3 is 3. The van der Waals surface area contributed by atoms with Crippen LogP contribution in [0.4, 0.5) is 5.69 Å². The fourth-order valence-electron chi connectivity index (χ4n) is 3.13. The number of nitro benzene ring substituents is 1. The normalized spacial score (nSPS) is 10.8. The highest BCUT2D eigenvalue weighted by atomic mass is 16.6. The Hall–Kier alpha value is -4.78. The molecular weight excluding hydrogens is 442 g/mol. The largest absolute Gasteiger partial charge is 0.497 e. The predicted octanol–water partition coefficient (Wildman–Crippen LogP) is 4.10. The zero-order valence-electron chi connectivity index (χ0n) is 18.7. The van der Waals surface area contributed by atoms with Crippen LogP contribution in [0.2, 0.25) is 0 Å². The number of hydrogen-bond donors (Lipinski definition) is 1. The van der Waals surface area contributed by atoms with Crippen LogP contribution in [0.1, 0.15) is 11.3 Å². The molecule has 0 aliphatic carbocycles. The van der Waals surface area contributed by atoms with Crippen molar-refractivity contribution in [2.75, 3.05) is 21.3 Å². The van der Waals surface area contributed by atoms with Gasteiger partial charge in [-0.15, -0.1) is 0 Å². The van der Waals surface area contributed by atoms with E-state index < -0.39 is 10.8 Å². The molecular formula is C24H21N3O7. The zero-order chi connectivity index (χ0) is 24.7. The molecule has 10 heteroatoms. The van der Waals surface area contributed by atoms with Gasteiger partial charge >= 0.3 is 0 Å². The summed E-state index contributed by atoms with van der Waals surface area (Å²) in [5.74, 6) is 1.43. The topological polar surface area (TPSA) is 137 Å². The van der Waals surface area contributed by atoms with Crippen LogP contribution in [0.3, 0.4) is 0 Å². The summed E-state index contributed by atoms with van der Waals surface area (Å²) in [6.07, 6.45) is 1.31. The van der Waals surface area contributed by atoms with Gasteiger partial charge in [0, 0.05) is 30.3 Å². The predicted molar refractivity (Wildman–Crippen MR) is 122 cm³/mol. The molecule has 0 atom stereocenters.